The number of aromatic amines is 1. The molecule has 7 nitrogen and oxygen atoms in total. The van der Waals surface area contributed by atoms with Crippen LogP contribution in [0.1, 0.15) is 32.0 Å². The van der Waals surface area contributed by atoms with Crippen LogP contribution in [-0.4, -0.2) is 46.2 Å². The van der Waals surface area contributed by atoms with Gasteiger partial charge in [-0.15, -0.1) is 0 Å². The molecule has 1 fully saturated rings. The van der Waals surface area contributed by atoms with Gasteiger partial charge in [0, 0.05) is 30.7 Å². The molecule has 3 aromatic heterocycles. The van der Waals surface area contributed by atoms with Crippen LogP contribution in [0.5, 0.6) is 0 Å². The number of rotatable bonds is 5. The van der Waals surface area contributed by atoms with Crippen LogP contribution >= 0.6 is 0 Å². The molecular weight excluding hydrogens is 412 g/mol. The molecule has 170 valence electrons. The van der Waals surface area contributed by atoms with Gasteiger partial charge >= 0.3 is 0 Å². The molecule has 0 bridgehead atoms. The maximum Gasteiger partial charge on any atom is 0.143 e. The molecule has 0 spiro atoms. The van der Waals surface area contributed by atoms with Gasteiger partial charge in [-0.25, -0.2) is 9.97 Å². The second-order valence-electron chi connectivity index (χ2n) is 9.46. The zero-order valence-corrected chi connectivity index (χ0v) is 19.4. The highest BCUT2D eigenvalue weighted by molar-refractivity contribution is 5.92. The molecule has 0 atom stereocenters. The highest BCUT2D eigenvalue weighted by Gasteiger charge is 2.18. The molecule has 0 amide bonds. The van der Waals surface area contributed by atoms with Gasteiger partial charge in [0.15, 0.2) is 0 Å². The molecule has 4 heterocycles. The van der Waals surface area contributed by atoms with E-state index in [0.717, 1.165) is 65.8 Å². The normalized spacial score (nSPS) is 14.6. The molecule has 4 aromatic rings. The first kappa shape index (κ1) is 21.4. The van der Waals surface area contributed by atoms with Crippen LogP contribution in [0.4, 0.5) is 11.5 Å². The van der Waals surface area contributed by atoms with E-state index in [0.29, 0.717) is 6.54 Å². The number of hydrogen-bond donors (Lipinski definition) is 2. The van der Waals surface area contributed by atoms with Crippen molar-refractivity contribution < 1.29 is 4.74 Å². The summed E-state index contributed by atoms with van der Waals surface area (Å²) in [5, 5.41) is 4.53. The lowest BCUT2D eigenvalue weighted by Gasteiger charge is -2.27. The van der Waals surface area contributed by atoms with E-state index in [1.54, 1.807) is 6.33 Å². The first-order valence-electron chi connectivity index (χ1n) is 11.4. The predicted molar refractivity (Wildman–Crippen MR) is 133 cm³/mol. The van der Waals surface area contributed by atoms with Gasteiger partial charge in [-0.1, -0.05) is 32.9 Å². The number of nitrogens with zero attached hydrogens (tertiary/aromatic N) is 4. The van der Waals surface area contributed by atoms with Crippen molar-refractivity contribution in [1.82, 2.24) is 19.9 Å². The Hall–Kier alpha value is -3.45. The van der Waals surface area contributed by atoms with Crippen LogP contribution < -0.4 is 10.2 Å². The molecule has 1 aromatic carbocycles. The van der Waals surface area contributed by atoms with Crippen molar-refractivity contribution in [3.8, 4) is 11.3 Å². The molecular formula is C26H30N6O. The van der Waals surface area contributed by atoms with Crippen LogP contribution in [-0.2, 0) is 16.7 Å². The van der Waals surface area contributed by atoms with E-state index in [1.165, 1.54) is 5.56 Å². The van der Waals surface area contributed by atoms with Gasteiger partial charge in [-0.3, -0.25) is 4.98 Å². The first-order valence-corrected chi connectivity index (χ1v) is 11.4. The van der Waals surface area contributed by atoms with Crippen molar-refractivity contribution in [2.75, 3.05) is 36.5 Å². The summed E-state index contributed by atoms with van der Waals surface area (Å²) in [5.74, 6) is 0.967. The summed E-state index contributed by atoms with van der Waals surface area (Å²) < 4.78 is 5.48. The standard InChI is InChI=1S/C26H30N6O/c1-26(2,3)19-8-9-27-21(14-19)16-28-20-6-4-18(5-7-20)23-15-22-24(31-23)29-17-30-25(22)32-10-12-33-13-11-32/h4-9,14-15,17,28H,10-13,16H2,1-3H3,(H,29,30,31). The Bertz CT molecular complexity index is 1240. The lowest BCUT2D eigenvalue weighted by Crippen LogP contribution is -2.36. The van der Waals surface area contributed by atoms with Crippen molar-refractivity contribution in [3.05, 3.63) is 66.2 Å². The monoisotopic (exact) mass is 442 g/mol. The van der Waals surface area contributed by atoms with E-state index in [4.69, 9.17) is 4.74 Å². The molecule has 0 aliphatic carbocycles. The lowest BCUT2D eigenvalue weighted by molar-refractivity contribution is 0.122. The molecule has 1 aliphatic heterocycles. The second-order valence-corrected chi connectivity index (χ2v) is 9.46. The number of morpholine rings is 1. The highest BCUT2D eigenvalue weighted by atomic mass is 16.5. The van der Waals surface area contributed by atoms with Gasteiger partial charge in [-0.05, 0) is 46.9 Å². The summed E-state index contributed by atoms with van der Waals surface area (Å²) in [6.45, 7) is 10.5. The topological polar surface area (TPSA) is 79.0 Å². The van der Waals surface area contributed by atoms with E-state index >= 15 is 0 Å². The Balaban J connectivity index is 1.31. The maximum atomic E-state index is 5.48. The minimum Gasteiger partial charge on any atom is -0.379 e. The molecule has 2 N–H and O–H groups in total. The molecule has 33 heavy (non-hydrogen) atoms. The van der Waals surface area contributed by atoms with Gasteiger partial charge in [0.25, 0.3) is 0 Å². The Morgan fingerprint density at radius 1 is 1.00 bits per heavy atom. The number of ether oxygens (including phenoxy) is 1. The van der Waals surface area contributed by atoms with E-state index in [1.807, 2.05) is 6.20 Å². The molecule has 7 heteroatoms. The highest BCUT2D eigenvalue weighted by Crippen LogP contribution is 2.30. The van der Waals surface area contributed by atoms with Crippen LogP contribution in [0, 0.1) is 0 Å². The quantitative estimate of drug-likeness (QED) is 0.464. The van der Waals surface area contributed by atoms with Gasteiger partial charge in [0.05, 0.1) is 30.8 Å². The summed E-state index contributed by atoms with van der Waals surface area (Å²) in [7, 11) is 0. The number of aromatic nitrogens is 4. The van der Waals surface area contributed by atoms with Gasteiger partial charge in [0.2, 0.25) is 0 Å². The maximum absolute atomic E-state index is 5.48. The Kier molecular flexibility index (Phi) is 5.72. The average Bonchev–Trinajstić information content (AvgIpc) is 3.28. The third-order valence-corrected chi connectivity index (χ3v) is 6.07. The average molecular weight is 443 g/mol. The summed E-state index contributed by atoms with van der Waals surface area (Å²) in [4.78, 5) is 19.2. The number of hydrogen-bond acceptors (Lipinski definition) is 6. The largest absolute Gasteiger partial charge is 0.379 e. The predicted octanol–water partition coefficient (Wildman–Crippen LogP) is 4.77. The first-order chi connectivity index (χ1) is 16.0. The van der Waals surface area contributed by atoms with Crippen LogP contribution in [0.25, 0.3) is 22.3 Å². The van der Waals surface area contributed by atoms with Crippen LogP contribution in [0.3, 0.4) is 0 Å². The molecule has 1 saturated heterocycles. The zero-order chi connectivity index (χ0) is 22.8. The van der Waals surface area contributed by atoms with E-state index < -0.39 is 0 Å². The van der Waals surface area contributed by atoms with E-state index in [9.17, 15) is 0 Å². The fraction of sp³-hybridized carbons (Fsp3) is 0.346. The minimum absolute atomic E-state index is 0.116. The Morgan fingerprint density at radius 3 is 2.55 bits per heavy atom. The van der Waals surface area contributed by atoms with Crippen LogP contribution in [0.2, 0.25) is 0 Å². The fourth-order valence-electron chi connectivity index (χ4n) is 4.11. The number of H-pyrrole nitrogens is 1. The number of nitrogens with one attached hydrogen (secondary N) is 2. The number of anilines is 2. The van der Waals surface area contributed by atoms with Gasteiger partial charge in [-0.2, -0.15) is 0 Å². The lowest BCUT2D eigenvalue weighted by atomic mass is 9.87. The summed E-state index contributed by atoms with van der Waals surface area (Å²) in [6.07, 6.45) is 3.52. The Morgan fingerprint density at radius 2 is 1.79 bits per heavy atom. The third-order valence-electron chi connectivity index (χ3n) is 6.07. The van der Waals surface area contributed by atoms with Crippen molar-refractivity contribution in [1.29, 1.82) is 0 Å². The number of fused-ring (bicyclic) bond motifs is 1. The smallest absolute Gasteiger partial charge is 0.143 e. The van der Waals surface area contributed by atoms with E-state index in [2.05, 4.69) is 93.4 Å². The molecule has 0 radical (unpaired) electrons. The zero-order valence-electron chi connectivity index (χ0n) is 19.4. The second kappa shape index (κ2) is 8.83. The molecule has 0 saturated carbocycles. The van der Waals surface area contributed by atoms with E-state index in [-0.39, 0.29) is 5.41 Å². The minimum atomic E-state index is 0.116. The summed E-state index contributed by atoms with van der Waals surface area (Å²) in [5.41, 5.74) is 6.51. The molecule has 0 unspecified atom stereocenters. The van der Waals surface area contributed by atoms with Crippen LogP contribution in [0.15, 0.2) is 55.0 Å². The molecule has 5 rings (SSSR count). The van der Waals surface area contributed by atoms with Gasteiger partial charge in [0.1, 0.15) is 17.8 Å². The summed E-state index contributed by atoms with van der Waals surface area (Å²) in [6, 6.07) is 14.9. The number of benzene rings is 1. The van der Waals surface area contributed by atoms with Crippen molar-refractivity contribution in [3.63, 3.8) is 0 Å². The fourth-order valence-corrected chi connectivity index (χ4v) is 4.11. The third kappa shape index (κ3) is 4.68. The Labute approximate surface area is 194 Å². The van der Waals surface area contributed by atoms with Crippen molar-refractivity contribution in [2.45, 2.75) is 32.7 Å². The SMILES string of the molecule is CC(C)(C)c1ccnc(CNc2ccc(-c3cc4c(N5CCOCC5)ncnc4[nH]3)cc2)c1. The molecule has 1 aliphatic rings. The summed E-state index contributed by atoms with van der Waals surface area (Å²) >= 11 is 0. The van der Waals surface area contributed by atoms with Crippen molar-refractivity contribution in [2.24, 2.45) is 0 Å². The van der Waals surface area contributed by atoms with Gasteiger partial charge < -0.3 is 19.9 Å². The van der Waals surface area contributed by atoms with Crippen molar-refractivity contribution >= 4 is 22.5 Å². The number of pyridine rings is 1.